The molecule has 2 aromatic rings. The van der Waals surface area contributed by atoms with E-state index in [0.29, 0.717) is 11.5 Å². The Hall–Kier alpha value is -2.74. The Morgan fingerprint density at radius 3 is 2.21 bits per heavy atom. The monoisotopic (exact) mass is 351 g/mol. The van der Waals surface area contributed by atoms with Crippen molar-refractivity contribution < 1.29 is 27.4 Å². The lowest BCUT2D eigenvalue weighted by Crippen LogP contribution is -2.30. The van der Waals surface area contributed by atoms with Crippen molar-refractivity contribution in [3.63, 3.8) is 0 Å². The van der Waals surface area contributed by atoms with Crippen molar-refractivity contribution in [2.24, 2.45) is 0 Å². The van der Waals surface area contributed by atoms with Crippen molar-refractivity contribution in [2.45, 2.75) is 4.90 Å². The summed E-state index contributed by atoms with van der Waals surface area (Å²) >= 11 is 0. The molecule has 0 atom stereocenters. The summed E-state index contributed by atoms with van der Waals surface area (Å²) in [5.74, 6) is 0.0875. The van der Waals surface area contributed by atoms with Crippen LogP contribution in [-0.4, -0.2) is 35.7 Å². The van der Waals surface area contributed by atoms with Gasteiger partial charge in [-0.15, -0.1) is 0 Å². The average molecular weight is 351 g/mol. The zero-order chi connectivity index (χ0) is 17.7. The van der Waals surface area contributed by atoms with E-state index < -0.39 is 15.9 Å². The lowest BCUT2D eigenvalue weighted by atomic mass is 10.2. The first-order valence-electron chi connectivity index (χ1n) is 6.84. The minimum atomic E-state index is -4.15. The fraction of sp³-hybridized carbons (Fsp3) is 0.188. The smallest absolute Gasteiger partial charge is 0.268 e. The summed E-state index contributed by atoms with van der Waals surface area (Å²) in [4.78, 5) is 12.0. The first-order chi connectivity index (χ1) is 11.4. The number of hydrogen-bond donors (Lipinski definition) is 1. The fourth-order valence-electron chi connectivity index (χ4n) is 1.99. The Morgan fingerprint density at radius 1 is 0.917 bits per heavy atom. The molecule has 7 nitrogen and oxygen atoms in total. The Morgan fingerprint density at radius 2 is 1.58 bits per heavy atom. The Labute approximate surface area is 140 Å². The fourth-order valence-corrected chi connectivity index (χ4v) is 3.15. The summed E-state index contributed by atoms with van der Waals surface area (Å²) in [5.41, 5.74) is 0.153. The highest BCUT2D eigenvalue weighted by Crippen LogP contribution is 2.28. The molecule has 0 heterocycles. The van der Waals surface area contributed by atoms with Crippen LogP contribution in [0.4, 0.5) is 0 Å². The van der Waals surface area contributed by atoms with Crippen LogP contribution < -0.4 is 18.9 Å². The van der Waals surface area contributed by atoms with Crippen LogP contribution in [0.15, 0.2) is 47.4 Å². The molecule has 0 spiro atoms. The van der Waals surface area contributed by atoms with Crippen LogP contribution in [0.2, 0.25) is 0 Å². The van der Waals surface area contributed by atoms with E-state index in [1.807, 2.05) is 4.72 Å². The molecule has 128 valence electrons. The van der Waals surface area contributed by atoms with E-state index in [0.717, 1.165) is 0 Å². The highest BCUT2D eigenvalue weighted by Gasteiger charge is 2.23. The first-order valence-corrected chi connectivity index (χ1v) is 8.33. The molecule has 0 unspecified atom stereocenters. The summed E-state index contributed by atoms with van der Waals surface area (Å²) in [5, 5.41) is 0. The number of nitrogens with one attached hydrogen (secondary N) is 1. The van der Waals surface area contributed by atoms with Gasteiger partial charge >= 0.3 is 0 Å². The summed E-state index contributed by atoms with van der Waals surface area (Å²) in [6.07, 6.45) is 0. The van der Waals surface area contributed by atoms with E-state index in [-0.39, 0.29) is 16.2 Å². The van der Waals surface area contributed by atoms with Gasteiger partial charge in [0.1, 0.15) is 22.1 Å². The largest absolute Gasteiger partial charge is 0.497 e. The van der Waals surface area contributed by atoms with Gasteiger partial charge in [0, 0.05) is 11.6 Å². The second-order valence-electron chi connectivity index (χ2n) is 4.68. The maximum absolute atomic E-state index is 12.5. The standard InChI is InChI=1S/C16H17NO6S/c1-21-12-6-4-5-11(9-12)16(18)17-24(19,20)15-10-13(22-2)7-8-14(15)23-3/h4-10H,1-3H3,(H,17,18). The predicted molar refractivity (Wildman–Crippen MR) is 87.2 cm³/mol. The van der Waals surface area contributed by atoms with Crippen molar-refractivity contribution in [3.8, 4) is 17.2 Å². The number of sulfonamides is 1. The Bertz CT molecular complexity index is 847. The summed E-state index contributed by atoms with van der Waals surface area (Å²) in [7, 11) is 0.0531. The van der Waals surface area contributed by atoms with Crippen LogP contribution in [0.1, 0.15) is 10.4 Å². The lowest BCUT2D eigenvalue weighted by Gasteiger charge is -2.12. The molecular weight excluding hydrogens is 334 g/mol. The van der Waals surface area contributed by atoms with E-state index in [1.54, 1.807) is 18.2 Å². The quantitative estimate of drug-likeness (QED) is 0.854. The SMILES string of the molecule is COc1cccc(C(=O)NS(=O)(=O)c2cc(OC)ccc2OC)c1. The molecule has 8 heteroatoms. The molecule has 0 aliphatic heterocycles. The van der Waals surface area contributed by atoms with Crippen LogP contribution in [0.3, 0.4) is 0 Å². The molecule has 0 aliphatic rings. The number of rotatable bonds is 6. The van der Waals surface area contributed by atoms with Crippen LogP contribution in [0, 0.1) is 0 Å². The van der Waals surface area contributed by atoms with E-state index in [1.165, 1.54) is 45.6 Å². The van der Waals surface area contributed by atoms with E-state index in [4.69, 9.17) is 14.2 Å². The summed E-state index contributed by atoms with van der Waals surface area (Å²) in [6.45, 7) is 0. The molecule has 0 bridgehead atoms. The molecule has 0 aromatic heterocycles. The van der Waals surface area contributed by atoms with Crippen LogP contribution >= 0.6 is 0 Å². The minimum absolute atomic E-state index is 0.0988. The van der Waals surface area contributed by atoms with E-state index in [9.17, 15) is 13.2 Å². The molecule has 0 fully saturated rings. The van der Waals surface area contributed by atoms with Crippen molar-refractivity contribution >= 4 is 15.9 Å². The zero-order valence-corrected chi connectivity index (χ0v) is 14.2. The van der Waals surface area contributed by atoms with Gasteiger partial charge in [-0.3, -0.25) is 4.79 Å². The molecular formula is C16H17NO6S. The topological polar surface area (TPSA) is 90.9 Å². The molecule has 24 heavy (non-hydrogen) atoms. The van der Waals surface area contributed by atoms with E-state index >= 15 is 0 Å². The number of carbonyl (C=O) groups excluding carboxylic acids is 1. The van der Waals surface area contributed by atoms with Crippen molar-refractivity contribution in [1.29, 1.82) is 0 Å². The highest BCUT2D eigenvalue weighted by atomic mass is 32.2. The van der Waals surface area contributed by atoms with E-state index in [2.05, 4.69) is 0 Å². The van der Waals surface area contributed by atoms with Crippen molar-refractivity contribution in [2.75, 3.05) is 21.3 Å². The minimum Gasteiger partial charge on any atom is -0.497 e. The molecule has 1 N–H and O–H groups in total. The summed E-state index contributed by atoms with van der Waals surface area (Å²) in [6, 6.07) is 10.4. The van der Waals surface area contributed by atoms with Gasteiger partial charge in [-0.1, -0.05) is 6.07 Å². The van der Waals surface area contributed by atoms with Crippen molar-refractivity contribution in [1.82, 2.24) is 4.72 Å². The van der Waals surface area contributed by atoms with Gasteiger partial charge in [0.05, 0.1) is 21.3 Å². The molecule has 1 amide bonds. The second kappa shape index (κ2) is 7.22. The average Bonchev–Trinajstić information content (AvgIpc) is 2.60. The van der Waals surface area contributed by atoms with Crippen molar-refractivity contribution in [3.05, 3.63) is 48.0 Å². The van der Waals surface area contributed by atoms with Crippen LogP contribution in [0.25, 0.3) is 0 Å². The van der Waals surface area contributed by atoms with Gasteiger partial charge in [-0.05, 0) is 30.3 Å². The van der Waals surface area contributed by atoms with Gasteiger partial charge in [0.25, 0.3) is 15.9 Å². The van der Waals surface area contributed by atoms with Gasteiger partial charge < -0.3 is 14.2 Å². The van der Waals surface area contributed by atoms with Gasteiger partial charge in [0.2, 0.25) is 0 Å². The normalized spacial score (nSPS) is 10.8. The second-order valence-corrected chi connectivity index (χ2v) is 6.33. The highest BCUT2D eigenvalue weighted by molar-refractivity contribution is 7.90. The molecule has 0 aliphatic carbocycles. The number of methoxy groups -OCH3 is 3. The maximum Gasteiger partial charge on any atom is 0.268 e. The maximum atomic E-state index is 12.5. The molecule has 0 radical (unpaired) electrons. The third-order valence-corrected chi connectivity index (χ3v) is 4.57. The third kappa shape index (κ3) is 3.77. The number of benzene rings is 2. The Kier molecular flexibility index (Phi) is 5.30. The van der Waals surface area contributed by atoms with Gasteiger partial charge in [0.15, 0.2) is 0 Å². The number of hydrogen-bond acceptors (Lipinski definition) is 6. The predicted octanol–water partition coefficient (Wildman–Crippen LogP) is 1.83. The molecule has 0 saturated heterocycles. The summed E-state index contributed by atoms with van der Waals surface area (Å²) < 4.78 is 42.1. The lowest BCUT2D eigenvalue weighted by molar-refractivity contribution is 0.0981. The number of carbonyl (C=O) groups is 1. The van der Waals surface area contributed by atoms with Gasteiger partial charge in [-0.25, -0.2) is 13.1 Å². The molecule has 0 saturated carbocycles. The molecule has 2 aromatic carbocycles. The first kappa shape index (κ1) is 17.6. The molecule has 2 rings (SSSR count). The van der Waals surface area contributed by atoms with Gasteiger partial charge in [-0.2, -0.15) is 0 Å². The third-order valence-electron chi connectivity index (χ3n) is 3.22. The van der Waals surface area contributed by atoms with Crippen LogP contribution in [-0.2, 0) is 10.0 Å². The number of ether oxygens (including phenoxy) is 3. The number of amides is 1. The Balaban J connectivity index is 2.35. The zero-order valence-electron chi connectivity index (χ0n) is 13.4. The van der Waals surface area contributed by atoms with Crippen LogP contribution in [0.5, 0.6) is 17.2 Å².